The van der Waals surface area contributed by atoms with Crippen molar-refractivity contribution in [2.24, 2.45) is 11.8 Å². The van der Waals surface area contributed by atoms with Crippen LogP contribution in [0.3, 0.4) is 0 Å². The maximum atomic E-state index is 12.5. The first kappa shape index (κ1) is 14.0. The first-order chi connectivity index (χ1) is 9.11. The third-order valence-electron chi connectivity index (χ3n) is 3.90. The van der Waals surface area contributed by atoms with Crippen LogP contribution in [0.1, 0.15) is 25.2 Å². The van der Waals surface area contributed by atoms with Crippen LogP contribution in [-0.4, -0.2) is 35.4 Å². The quantitative estimate of drug-likeness (QED) is 0.875. The molecule has 1 unspecified atom stereocenters. The van der Waals surface area contributed by atoms with Crippen LogP contribution in [0.15, 0.2) is 18.2 Å². The highest BCUT2D eigenvalue weighted by Crippen LogP contribution is 2.19. The number of aryl methyl sites for hydroxylation is 1. The number of hydrogen-bond acceptors (Lipinski definition) is 3. The van der Waals surface area contributed by atoms with E-state index in [1.165, 1.54) is 0 Å². The van der Waals surface area contributed by atoms with Gasteiger partial charge in [-0.05, 0) is 45.0 Å². The van der Waals surface area contributed by atoms with Crippen LogP contribution >= 0.6 is 0 Å². The molecule has 0 bridgehead atoms. The van der Waals surface area contributed by atoms with Gasteiger partial charge in [0.2, 0.25) is 5.91 Å². The third kappa shape index (κ3) is 3.32. The molecule has 1 fully saturated rings. The molecule has 2 heterocycles. The van der Waals surface area contributed by atoms with Crippen molar-refractivity contribution >= 4 is 5.91 Å². The maximum Gasteiger partial charge on any atom is 0.226 e. The summed E-state index contributed by atoms with van der Waals surface area (Å²) in [6, 6.07) is 5.96. The average molecular weight is 261 g/mol. The number of amides is 1. The number of carbonyl (C=O) groups is 1. The Hall–Kier alpha value is -1.42. The molecule has 1 atom stereocenters. The highest BCUT2D eigenvalue weighted by molar-refractivity contribution is 5.79. The Morgan fingerprint density at radius 1 is 1.53 bits per heavy atom. The second-order valence-corrected chi connectivity index (χ2v) is 5.33. The minimum absolute atomic E-state index is 0.103. The molecule has 104 valence electrons. The van der Waals surface area contributed by atoms with Gasteiger partial charge >= 0.3 is 0 Å². The molecule has 1 saturated heterocycles. The van der Waals surface area contributed by atoms with Gasteiger partial charge in [-0.3, -0.25) is 9.78 Å². The smallest absolute Gasteiger partial charge is 0.226 e. The van der Waals surface area contributed by atoms with Crippen LogP contribution in [0.2, 0.25) is 0 Å². The zero-order valence-electron chi connectivity index (χ0n) is 12.0. The van der Waals surface area contributed by atoms with Crippen molar-refractivity contribution in [2.75, 3.05) is 19.6 Å². The lowest BCUT2D eigenvalue weighted by molar-refractivity contribution is -0.137. The summed E-state index contributed by atoms with van der Waals surface area (Å²) >= 11 is 0. The fourth-order valence-electron chi connectivity index (χ4n) is 2.38. The Morgan fingerprint density at radius 2 is 2.26 bits per heavy atom. The molecule has 19 heavy (non-hydrogen) atoms. The molecule has 4 nitrogen and oxygen atoms in total. The van der Waals surface area contributed by atoms with Gasteiger partial charge in [-0.15, -0.1) is 0 Å². The molecule has 1 aromatic heterocycles. The summed E-state index contributed by atoms with van der Waals surface area (Å²) in [7, 11) is 0. The first-order valence-corrected chi connectivity index (χ1v) is 7.04. The van der Waals surface area contributed by atoms with E-state index in [2.05, 4.69) is 10.3 Å². The SMILES string of the molecule is CCN(Cc1cccc(C)n1)C(=O)C(C)C1CNC1. The Labute approximate surface area is 115 Å². The number of pyridine rings is 1. The van der Waals surface area contributed by atoms with Crippen LogP contribution in [0.4, 0.5) is 0 Å². The molecule has 1 aliphatic rings. The fraction of sp³-hybridized carbons (Fsp3) is 0.600. The van der Waals surface area contributed by atoms with Gasteiger partial charge in [0, 0.05) is 18.2 Å². The second-order valence-electron chi connectivity index (χ2n) is 5.33. The molecule has 0 aliphatic carbocycles. The molecule has 0 aromatic carbocycles. The topological polar surface area (TPSA) is 45.2 Å². The van der Waals surface area contributed by atoms with Crippen molar-refractivity contribution in [2.45, 2.75) is 27.3 Å². The van der Waals surface area contributed by atoms with Crippen molar-refractivity contribution in [1.82, 2.24) is 15.2 Å². The molecule has 1 aromatic rings. The lowest BCUT2D eigenvalue weighted by atomic mass is 9.88. The van der Waals surface area contributed by atoms with E-state index in [1.807, 2.05) is 43.9 Å². The second kappa shape index (κ2) is 6.15. The van der Waals surface area contributed by atoms with Gasteiger partial charge in [-0.1, -0.05) is 13.0 Å². The van der Waals surface area contributed by atoms with Crippen molar-refractivity contribution < 1.29 is 4.79 Å². The van der Waals surface area contributed by atoms with Crippen molar-refractivity contribution in [3.05, 3.63) is 29.6 Å². The Bertz CT molecular complexity index is 443. The molecule has 2 rings (SSSR count). The van der Waals surface area contributed by atoms with Crippen molar-refractivity contribution in [1.29, 1.82) is 0 Å². The van der Waals surface area contributed by atoms with Gasteiger partial charge in [0.15, 0.2) is 0 Å². The van der Waals surface area contributed by atoms with E-state index >= 15 is 0 Å². The third-order valence-corrected chi connectivity index (χ3v) is 3.90. The van der Waals surface area contributed by atoms with Gasteiger partial charge < -0.3 is 10.2 Å². The van der Waals surface area contributed by atoms with E-state index in [0.29, 0.717) is 12.5 Å². The molecule has 1 aliphatic heterocycles. The van der Waals surface area contributed by atoms with Crippen LogP contribution in [0.25, 0.3) is 0 Å². The Balaban J connectivity index is 2.00. The van der Waals surface area contributed by atoms with Crippen LogP contribution in [0.5, 0.6) is 0 Å². The lowest BCUT2D eigenvalue weighted by Gasteiger charge is -2.34. The van der Waals surface area contributed by atoms with Crippen molar-refractivity contribution in [3.63, 3.8) is 0 Å². The largest absolute Gasteiger partial charge is 0.337 e. The number of aromatic nitrogens is 1. The summed E-state index contributed by atoms with van der Waals surface area (Å²) in [5.74, 6) is 0.843. The molecule has 0 saturated carbocycles. The van der Waals surface area contributed by atoms with Crippen LogP contribution < -0.4 is 5.32 Å². The minimum Gasteiger partial charge on any atom is -0.337 e. The monoisotopic (exact) mass is 261 g/mol. The van der Waals surface area contributed by atoms with E-state index in [-0.39, 0.29) is 11.8 Å². The minimum atomic E-state index is 0.103. The van der Waals surface area contributed by atoms with Gasteiger partial charge in [0.1, 0.15) is 0 Å². The van der Waals surface area contributed by atoms with E-state index < -0.39 is 0 Å². The van der Waals surface area contributed by atoms with E-state index in [0.717, 1.165) is 31.0 Å². The number of carbonyl (C=O) groups excluding carboxylic acids is 1. The Kier molecular flexibility index (Phi) is 4.53. The lowest BCUT2D eigenvalue weighted by Crippen LogP contribution is -2.50. The predicted molar refractivity (Wildman–Crippen MR) is 75.6 cm³/mol. The van der Waals surface area contributed by atoms with Gasteiger partial charge in [-0.25, -0.2) is 0 Å². The summed E-state index contributed by atoms with van der Waals surface area (Å²) in [6.07, 6.45) is 0. The number of nitrogens with one attached hydrogen (secondary N) is 1. The number of rotatable bonds is 5. The maximum absolute atomic E-state index is 12.5. The highest BCUT2D eigenvalue weighted by atomic mass is 16.2. The van der Waals surface area contributed by atoms with Crippen molar-refractivity contribution in [3.8, 4) is 0 Å². The summed E-state index contributed by atoms with van der Waals surface area (Å²) in [5.41, 5.74) is 1.96. The first-order valence-electron chi connectivity index (χ1n) is 7.04. The van der Waals surface area contributed by atoms with E-state index in [1.54, 1.807) is 0 Å². The number of nitrogens with zero attached hydrogens (tertiary/aromatic N) is 2. The van der Waals surface area contributed by atoms with Gasteiger partial charge in [0.05, 0.1) is 12.2 Å². The predicted octanol–water partition coefficient (Wildman–Crippen LogP) is 1.59. The average Bonchev–Trinajstić information content (AvgIpc) is 2.33. The highest BCUT2D eigenvalue weighted by Gasteiger charge is 2.31. The van der Waals surface area contributed by atoms with Crippen LogP contribution in [-0.2, 0) is 11.3 Å². The zero-order chi connectivity index (χ0) is 13.8. The molecule has 4 heteroatoms. The van der Waals surface area contributed by atoms with E-state index in [9.17, 15) is 4.79 Å². The summed E-state index contributed by atoms with van der Waals surface area (Å²) in [4.78, 5) is 18.9. The van der Waals surface area contributed by atoms with Gasteiger partial charge in [0.25, 0.3) is 0 Å². The normalized spacial score (nSPS) is 16.8. The molecular weight excluding hydrogens is 238 g/mol. The van der Waals surface area contributed by atoms with E-state index in [4.69, 9.17) is 0 Å². The Morgan fingerprint density at radius 3 is 2.79 bits per heavy atom. The fourth-order valence-corrected chi connectivity index (χ4v) is 2.38. The van der Waals surface area contributed by atoms with Gasteiger partial charge in [-0.2, -0.15) is 0 Å². The molecular formula is C15H23N3O. The molecule has 1 amide bonds. The molecule has 0 radical (unpaired) electrons. The summed E-state index contributed by atoms with van der Waals surface area (Å²) in [6.45, 7) is 9.32. The zero-order valence-corrected chi connectivity index (χ0v) is 12.0. The standard InChI is InChI=1S/C15H23N3O/c1-4-18(10-14-7-5-6-11(2)17-14)15(19)12(3)13-8-16-9-13/h5-7,12-13,16H,4,8-10H2,1-3H3. The number of hydrogen-bond donors (Lipinski definition) is 1. The molecule has 1 N–H and O–H groups in total. The van der Waals surface area contributed by atoms with Crippen LogP contribution in [0, 0.1) is 18.8 Å². The summed E-state index contributed by atoms with van der Waals surface area (Å²) in [5, 5.41) is 3.23. The summed E-state index contributed by atoms with van der Waals surface area (Å²) < 4.78 is 0. The molecule has 0 spiro atoms.